The van der Waals surface area contributed by atoms with Gasteiger partial charge < -0.3 is 15.2 Å². The van der Waals surface area contributed by atoms with Gasteiger partial charge >= 0.3 is 0 Å². The number of fused-ring (bicyclic) bond motifs is 1. The molecule has 2 amide bonds. The Morgan fingerprint density at radius 1 is 1.13 bits per heavy atom. The molecular weight excluding hydrogens is 517 g/mol. The van der Waals surface area contributed by atoms with Crippen molar-refractivity contribution in [2.24, 2.45) is 5.92 Å². The first-order valence-corrected chi connectivity index (χ1v) is 13.6. The number of thioether (sulfide) groups is 1. The van der Waals surface area contributed by atoms with Gasteiger partial charge in [-0.3, -0.25) is 19.9 Å². The van der Waals surface area contributed by atoms with Crippen molar-refractivity contribution in [2.45, 2.75) is 19.4 Å². The molecule has 2 aliphatic rings. The molecule has 0 radical (unpaired) electrons. The zero-order valence-corrected chi connectivity index (χ0v) is 21.8. The summed E-state index contributed by atoms with van der Waals surface area (Å²) in [5.41, 5.74) is 3.95. The van der Waals surface area contributed by atoms with Gasteiger partial charge in [0, 0.05) is 54.1 Å². The lowest BCUT2D eigenvalue weighted by Gasteiger charge is -2.32. The van der Waals surface area contributed by atoms with Gasteiger partial charge in [0.2, 0.25) is 5.95 Å². The highest BCUT2D eigenvalue weighted by molar-refractivity contribution is 8.18. The van der Waals surface area contributed by atoms with Gasteiger partial charge in [0.15, 0.2) is 0 Å². The Bertz CT molecular complexity index is 1580. The number of halogens is 1. The van der Waals surface area contributed by atoms with Crippen LogP contribution in [0.3, 0.4) is 0 Å². The summed E-state index contributed by atoms with van der Waals surface area (Å²) >= 11 is 0.870. The molecule has 0 atom stereocenters. The van der Waals surface area contributed by atoms with E-state index in [4.69, 9.17) is 0 Å². The van der Waals surface area contributed by atoms with Crippen molar-refractivity contribution in [3.8, 4) is 11.3 Å². The Kier molecular flexibility index (Phi) is 7.08. The molecular formula is C28H26FN7O2S. The lowest BCUT2D eigenvalue weighted by molar-refractivity contribution is -0.115. The minimum absolute atomic E-state index is 0.311. The molecule has 3 aromatic heterocycles. The smallest absolute Gasteiger partial charge is 0.290 e. The minimum Gasteiger partial charge on any atom is -0.361 e. The highest BCUT2D eigenvalue weighted by atomic mass is 32.2. The van der Waals surface area contributed by atoms with Crippen LogP contribution in [0.1, 0.15) is 24.1 Å². The number of benzene rings is 1. The predicted molar refractivity (Wildman–Crippen MR) is 149 cm³/mol. The Morgan fingerprint density at radius 3 is 2.82 bits per heavy atom. The van der Waals surface area contributed by atoms with Gasteiger partial charge in [0.05, 0.1) is 22.5 Å². The third kappa shape index (κ3) is 5.69. The molecule has 0 aliphatic carbocycles. The average molecular weight is 544 g/mol. The van der Waals surface area contributed by atoms with Gasteiger partial charge in [-0.05, 0) is 73.5 Å². The summed E-state index contributed by atoms with van der Waals surface area (Å²) in [5, 5.41) is 6.39. The maximum absolute atomic E-state index is 14.5. The molecule has 11 heteroatoms. The van der Waals surface area contributed by atoms with Gasteiger partial charge in [-0.15, -0.1) is 0 Å². The van der Waals surface area contributed by atoms with Crippen molar-refractivity contribution in [1.82, 2.24) is 30.6 Å². The highest BCUT2D eigenvalue weighted by Crippen LogP contribution is 2.27. The van der Waals surface area contributed by atoms with Crippen LogP contribution in [-0.2, 0) is 11.3 Å². The number of carbonyl (C=O) groups excluding carboxylic acids is 2. The number of pyridine rings is 1. The van der Waals surface area contributed by atoms with E-state index < -0.39 is 5.91 Å². The number of hydrogen-bond acceptors (Lipinski definition) is 8. The molecule has 4 aromatic rings. The number of piperidine rings is 1. The van der Waals surface area contributed by atoms with Gasteiger partial charge in [-0.2, -0.15) is 0 Å². The summed E-state index contributed by atoms with van der Waals surface area (Å²) in [6.07, 6.45) is 8.37. The van der Waals surface area contributed by atoms with E-state index in [2.05, 4.69) is 41.5 Å². The van der Waals surface area contributed by atoms with E-state index in [1.54, 1.807) is 18.3 Å². The normalized spacial score (nSPS) is 17.4. The fourth-order valence-corrected chi connectivity index (χ4v) is 5.55. The third-order valence-corrected chi connectivity index (χ3v) is 7.83. The van der Waals surface area contributed by atoms with E-state index in [1.807, 2.05) is 30.5 Å². The summed E-state index contributed by atoms with van der Waals surface area (Å²) < 4.78 is 14.5. The summed E-state index contributed by atoms with van der Waals surface area (Å²) in [4.78, 5) is 42.1. The van der Waals surface area contributed by atoms with Crippen LogP contribution in [0.15, 0.2) is 59.9 Å². The summed E-state index contributed by atoms with van der Waals surface area (Å²) in [6, 6.07) is 11.6. The lowest BCUT2D eigenvalue weighted by atomic mass is 9.97. The van der Waals surface area contributed by atoms with Crippen LogP contribution in [0.2, 0.25) is 0 Å². The molecule has 198 valence electrons. The number of aromatic amines is 1. The quantitative estimate of drug-likeness (QED) is 0.292. The van der Waals surface area contributed by atoms with E-state index in [9.17, 15) is 14.0 Å². The van der Waals surface area contributed by atoms with Crippen LogP contribution in [0.4, 0.5) is 15.1 Å². The number of nitrogens with one attached hydrogen (secondary N) is 3. The second kappa shape index (κ2) is 11.0. The molecule has 1 aromatic carbocycles. The molecule has 0 saturated carbocycles. The summed E-state index contributed by atoms with van der Waals surface area (Å²) in [7, 11) is 0. The lowest BCUT2D eigenvalue weighted by Crippen LogP contribution is -2.38. The SMILES string of the molecule is O=C1NC(=O)/C(=C\c2ccnc(N3CCC(CNCc4cc(-c5ccc6[nH]ccc6c5)ncc4F)CC3)n2)S1. The first-order chi connectivity index (χ1) is 19.0. The van der Waals surface area contributed by atoms with Gasteiger partial charge in [-0.1, -0.05) is 6.07 Å². The maximum Gasteiger partial charge on any atom is 0.290 e. The second-order valence-corrected chi connectivity index (χ2v) is 10.7. The van der Waals surface area contributed by atoms with Crippen LogP contribution in [-0.4, -0.2) is 50.7 Å². The molecule has 2 saturated heterocycles. The molecule has 9 nitrogen and oxygen atoms in total. The number of imide groups is 1. The number of rotatable bonds is 7. The molecule has 2 fully saturated rings. The number of anilines is 1. The number of aromatic nitrogens is 4. The molecule has 39 heavy (non-hydrogen) atoms. The Morgan fingerprint density at radius 2 is 2.00 bits per heavy atom. The van der Waals surface area contributed by atoms with Gasteiger partial charge in [0.1, 0.15) is 5.82 Å². The van der Waals surface area contributed by atoms with Crippen molar-refractivity contribution in [2.75, 3.05) is 24.5 Å². The topological polar surface area (TPSA) is 116 Å². The number of H-pyrrole nitrogens is 1. The highest BCUT2D eigenvalue weighted by Gasteiger charge is 2.26. The van der Waals surface area contributed by atoms with Gasteiger partial charge in [-0.25, -0.2) is 14.4 Å². The Hall–Kier alpha value is -4.09. The van der Waals surface area contributed by atoms with Crippen molar-refractivity contribution >= 4 is 45.8 Å². The number of hydrogen-bond donors (Lipinski definition) is 3. The van der Waals surface area contributed by atoms with E-state index in [0.717, 1.165) is 66.4 Å². The van der Waals surface area contributed by atoms with Gasteiger partial charge in [0.25, 0.3) is 11.1 Å². The molecule has 3 N–H and O–H groups in total. The summed E-state index contributed by atoms with van der Waals surface area (Å²) in [6.45, 7) is 2.82. The van der Waals surface area contributed by atoms with Crippen molar-refractivity contribution in [1.29, 1.82) is 0 Å². The zero-order chi connectivity index (χ0) is 26.8. The number of nitrogens with zero attached hydrogens (tertiary/aromatic N) is 4. The standard InChI is InChI=1S/C28H26FN7O2S/c29-22-16-33-24(18-1-2-23-19(11-18)3-7-31-23)12-20(22)15-30-14-17-5-9-36(10-6-17)27-32-8-4-21(34-27)13-25-26(37)35-28(38)39-25/h1-4,7-8,11-13,16-17,30-31H,5-6,9-10,14-15H2,(H,35,37,38)/b25-13+. The maximum atomic E-state index is 14.5. The molecule has 2 aliphatic heterocycles. The fourth-order valence-electron chi connectivity index (χ4n) is 4.88. The molecule has 5 heterocycles. The monoisotopic (exact) mass is 543 g/mol. The Balaban J connectivity index is 1.03. The predicted octanol–water partition coefficient (Wildman–Crippen LogP) is 4.49. The average Bonchev–Trinajstić information content (AvgIpc) is 3.55. The fraction of sp³-hybridized carbons (Fsp3) is 0.250. The van der Waals surface area contributed by atoms with Crippen molar-refractivity contribution in [3.63, 3.8) is 0 Å². The number of amides is 2. The van der Waals surface area contributed by atoms with Crippen LogP contribution >= 0.6 is 11.8 Å². The van der Waals surface area contributed by atoms with Crippen LogP contribution in [0.25, 0.3) is 28.2 Å². The molecule has 0 unspecified atom stereocenters. The molecule has 6 rings (SSSR count). The molecule has 0 bridgehead atoms. The second-order valence-electron chi connectivity index (χ2n) is 9.64. The van der Waals surface area contributed by atoms with Crippen molar-refractivity contribution < 1.29 is 14.0 Å². The van der Waals surface area contributed by atoms with Crippen molar-refractivity contribution in [3.05, 3.63) is 77.0 Å². The first kappa shape index (κ1) is 25.2. The number of carbonyl (C=O) groups is 2. The van der Waals surface area contributed by atoms with E-state index in [1.165, 1.54) is 6.20 Å². The Labute approximate surface area is 228 Å². The minimum atomic E-state index is -0.403. The zero-order valence-electron chi connectivity index (χ0n) is 21.0. The van der Waals surface area contributed by atoms with Crippen LogP contribution < -0.4 is 15.5 Å². The van der Waals surface area contributed by atoms with E-state index in [0.29, 0.717) is 34.6 Å². The third-order valence-electron chi connectivity index (χ3n) is 7.02. The first-order valence-electron chi connectivity index (χ1n) is 12.8. The largest absolute Gasteiger partial charge is 0.361 e. The van der Waals surface area contributed by atoms with Crippen LogP contribution in [0, 0.1) is 11.7 Å². The van der Waals surface area contributed by atoms with Crippen LogP contribution in [0.5, 0.6) is 0 Å². The summed E-state index contributed by atoms with van der Waals surface area (Å²) in [5.74, 6) is 0.347. The van der Waals surface area contributed by atoms with E-state index >= 15 is 0 Å². The molecule has 0 spiro atoms. The van der Waals surface area contributed by atoms with E-state index in [-0.39, 0.29) is 11.1 Å².